The van der Waals surface area contributed by atoms with Gasteiger partial charge in [-0.25, -0.2) is 4.98 Å². The molecule has 5 nitrogen and oxygen atoms in total. The molecule has 0 aliphatic heterocycles. The molecule has 0 atom stereocenters. The molecule has 0 aliphatic rings. The van der Waals surface area contributed by atoms with E-state index >= 15 is 0 Å². The molecule has 21 heavy (non-hydrogen) atoms. The molecule has 1 heterocycles. The highest BCUT2D eigenvalue weighted by Crippen LogP contribution is 2.30. The van der Waals surface area contributed by atoms with E-state index in [-0.39, 0.29) is 12.3 Å². The molecule has 8 heteroatoms. The first kappa shape index (κ1) is 15.0. The molecule has 1 aromatic heterocycles. The number of aromatic nitrogens is 2. The highest BCUT2D eigenvalue weighted by Gasteiger charge is 2.33. The predicted octanol–water partition coefficient (Wildman–Crippen LogP) is 2.76. The quantitative estimate of drug-likeness (QED) is 0.940. The summed E-state index contributed by atoms with van der Waals surface area (Å²) in [4.78, 5) is 6.97. The van der Waals surface area contributed by atoms with Crippen molar-refractivity contribution in [3.8, 4) is 17.5 Å². The lowest BCUT2D eigenvalue weighted by Gasteiger charge is -2.10. The summed E-state index contributed by atoms with van der Waals surface area (Å²) in [6.45, 7) is 0.233. The maximum Gasteiger partial charge on any atom is 0.433 e. The number of nitrogens with two attached hydrogens (primary N) is 1. The minimum absolute atomic E-state index is 0.233. The van der Waals surface area contributed by atoms with E-state index in [9.17, 15) is 13.2 Å². The van der Waals surface area contributed by atoms with Gasteiger partial charge in [-0.05, 0) is 23.8 Å². The molecule has 0 radical (unpaired) electrons. The van der Waals surface area contributed by atoms with Gasteiger partial charge in [-0.3, -0.25) is 0 Å². The fraction of sp³-hybridized carbons (Fsp3) is 0.231. The zero-order valence-electron chi connectivity index (χ0n) is 11.0. The second kappa shape index (κ2) is 5.96. The first-order chi connectivity index (χ1) is 9.92. The fourth-order valence-corrected chi connectivity index (χ4v) is 1.58. The SMILES string of the molecule is COc1cc(CN)cc(Oc2nccc(C(F)(F)F)n2)c1. The van der Waals surface area contributed by atoms with Crippen LogP contribution in [0.15, 0.2) is 30.5 Å². The Labute approximate surface area is 118 Å². The number of nitrogens with zero attached hydrogens (tertiary/aromatic N) is 2. The molecule has 0 spiro atoms. The van der Waals surface area contributed by atoms with E-state index in [1.54, 1.807) is 12.1 Å². The lowest BCUT2D eigenvalue weighted by molar-refractivity contribution is -0.141. The minimum atomic E-state index is -4.56. The summed E-state index contributed by atoms with van der Waals surface area (Å²) in [5.41, 5.74) is 5.16. The van der Waals surface area contributed by atoms with Gasteiger partial charge in [0.2, 0.25) is 0 Å². The van der Waals surface area contributed by atoms with Gasteiger partial charge in [0.15, 0.2) is 5.69 Å². The summed E-state index contributed by atoms with van der Waals surface area (Å²) < 4.78 is 48.0. The van der Waals surface area contributed by atoms with Crippen LogP contribution in [0.2, 0.25) is 0 Å². The van der Waals surface area contributed by atoms with Crippen molar-refractivity contribution >= 4 is 0 Å². The minimum Gasteiger partial charge on any atom is -0.497 e. The van der Waals surface area contributed by atoms with Crippen molar-refractivity contribution in [2.45, 2.75) is 12.7 Å². The Morgan fingerprint density at radius 2 is 1.90 bits per heavy atom. The van der Waals surface area contributed by atoms with Gasteiger partial charge in [0.25, 0.3) is 0 Å². The summed E-state index contributed by atoms with van der Waals surface area (Å²) in [6, 6.07) is 5.14. The van der Waals surface area contributed by atoms with Gasteiger partial charge in [0.05, 0.1) is 7.11 Å². The number of methoxy groups -OCH3 is 1. The summed E-state index contributed by atoms with van der Waals surface area (Å²) in [6.07, 6.45) is -3.58. The molecular formula is C13H12F3N3O2. The maximum absolute atomic E-state index is 12.6. The Bertz CT molecular complexity index is 610. The topological polar surface area (TPSA) is 70.3 Å². The van der Waals surface area contributed by atoms with Crippen LogP contribution >= 0.6 is 0 Å². The second-order valence-corrected chi connectivity index (χ2v) is 4.05. The Morgan fingerprint density at radius 3 is 2.52 bits per heavy atom. The smallest absolute Gasteiger partial charge is 0.433 e. The molecule has 0 aliphatic carbocycles. The second-order valence-electron chi connectivity index (χ2n) is 4.05. The van der Waals surface area contributed by atoms with E-state index in [2.05, 4.69) is 9.97 Å². The third kappa shape index (κ3) is 3.82. The Hall–Kier alpha value is -2.35. The molecule has 2 rings (SSSR count). The van der Waals surface area contributed by atoms with Crippen molar-refractivity contribution in [3.05, 3.63) is 41.7 Å². The number of rotatable bonds is 4. The largest absolute Gasteiger partial charge is 0.497 e. The van der Waals surface area contributed by atoms with Crippen molar-refractivity contribution in [2.24, 2.45) is 5.73 Å². The van der Waals surface area contributed by atoms with Crippen LogP contribution in [0.25, 0.3) is 0 Å². The van der Waals surface area contributed by atoms with E-state index in [0.717, 1.165) is 12.3 Å². The van der Waals surface area contributed by atoms with Crippen LogP contribution in [0, 0.1) is 0 Å². The first-order valence-electron chi connectivity index (χ1n) is 5.88. The standard InChI is InChI=1S/C13H12F3N3O2/c1-20-9-4-8(7-17)5-10(6-9)21-12-18-3-2-11(19-12)13(14,15)16/h2-6H,7,17H2,1H3. The maximum atomic E-state index is 12.6. The summed E-state index contributed by atoms with van der Waals surface area (Å²) in [5.74, 6) is 0.717. The van der Waals surface area contributed by atoms with Gasteiger partial charge in [0, 0.05) is 18.8 Å². The Kier molecular flexibility index (Phi) is 4.27. The molecular weight excluding hydrogens is 287 g/mol. The molecule has 0 bridgehead atoms. The highest BCUT2D eigenvalue weighted by atomic mass is 19.4. The summed E-state index contributed by atoms with van der Waals surface area (Å²) in [7, 11) is 1.46. The van der Waals surface area contributed by atoms with E-state index in [1.807, 2.05) is 0 Å². The van der Waals surface area contributed by atoms with E-state index in [0.29, 0.717) is 11.3 Å². The summed E-state index contributed by atoms with van der Waals surface area (Å²) in [5, 5.41) is 0. The molecule has 0 unspecified atom stereocenters. The van der Waals surface area contributed by atoms with Crippen molar-refractivity contribution < 1.29 is 22.6 Å². The van der Waals surface area contributed by atoms with Crippen LogP contribution in [-0.4, -0.2) is 17.1 Å². The summed E-state index contributed by atoms with van der Waals surface area (Å²) >= 11 is 0. The van der Waals surface area contributed by atoms with E-state index in [1.165, 1.54) is 13.2 Å². The van der Waals surface area contributed by atoms with Gasteiger partial charge in [-0.2, -0.15) is 18.2 Å². The molecule has 0 amide bonds. The Balaban J connectivity index is 2.30. The number of benzene rings is 1. The zero-order chi connectivity index (χ0) is 15.5. The van der Waals surface area contributed by atoms with Crippen LogP contribution in [0.5, 0.6) is 17.5 Å². The average Bonchev–Trinajstić information content (AvgIpc) is 2.46. The van der Waals surface area contributed by atoms with Crippen LogP contribution in [0.1, 0.15) is 11.3 Å². The van der Waals surface area contributed by atoms with Gasteiger partial charge >= 0.3 is 12.2 Å². The van der Waals surface area contributed by atoms with Crippen LogP contribution in [0.4, 0.5) is 13.2 Å². The number of halogens is 3. The Morgan fingerprint density at radius 1 is 1.19 bits per heavy atom. The van der Waals surface area contributed by atoms with Crippen LogP contribution in [-0.2, 0) is 12.7 Å². The van der Waals surface area contributed by atoms with Gasteiger partial charge < -0.3 is 15.2 Å². The van der Waals surface area contributed by atoms with Crippen LogP contribution in [0.3, 0.4) is 0 Å². The van der Waals surface area contributed by atoms with Crippen molar-refractivity contribution in [1.82, 2.24) is 9.97 Å². The molecule has 2 N–H and O–H groups in total. The third-order valence-corrected chi connectivity index (χ3v) is 2.54. The number of alkyl halides is 3. The molecule has 112 valence electrons. The van der Waals surface area contributed by atoms with E-state index < -0.39 is 17.9 Å². The van der Waals surface area contributed by atoms with Crippen molar-refractivity contribution in [3.63, 3.8) is 0 Å². The lowest BCUT2D eigenvalue weighted by atomic mass is 10.2. The number of hydrogen-bond donors (Lipinski definition) is 1. The lowest BCUT2D eigenvalue weighted by Crippen LogP contribution is -2.09. The molecule has 1 aromatic carbocycles. The zero-order valence-corrected chi connectivity index (χ0v) is 11.0. The fourth-order valence-electron chi connectivity index (χ4n) is 1.58. The van der Waals surface area contributed by atoms with Crippen LogP contribution < -0.4 is 15.2 Å². The first-order valence-corrected chi connectivity index (χ1v) is 5.88. The van der Waals surface area contributed by atoms with Crippen molar-refractivity contribution in [2.75, 3.05) is 7.11 Å². The molecule has 0 saturated carbocycles. The highest BCUT2D eigenvalue weighted by molar-refractivity contribution is 5.39. The molecule has 0 fully saturated rings. The number of ether oxygens (including phenoxy) is 2. The molecule has 0 saturated heterocycles. The average molecular weight is 299 g/mol. The molecule has 2 aromatic rings. The van der Waals surface area contributed by atoms with Gasteiger partial charge in [-0.15, -0.1) is 0 Å². The predicted molar refractivity (Wildman–Crippen MR) is 68.0 cm³/mol. The third-order valence-electron chi connectivity index (χ3n) is 2.54. The van der Waals surface area contributed by atoms with Gasteiger partial charge in [-0.1, -0.05) is 0 Å². The van der Waals surface area contributed by atoms with E-state index in [4.69, 9.17) is 15.2 Å². The van der Waals surface area contributed by atoms with Gasteiger partial charge in [0.1, 0.15) is 11.5 Å². The van der Waals surface area contributed by atoms with Crippen molar-refractivity contribution in [1.29, 1.82) is 0 Å². The normalized spacial score (nSPS) is 11.3. The number of hydrogen-bond acceptors (Lipinski definition) is 5. The monoisotopic (exact) mass is 299 g/mol.